The summed E-state index contributed by atoms with van der Waals surface area (Å²) in [5.41, 5.74) is 1.72. The number of carbonyl (C=O) groups excluding carboxylic acids is 2. The number of nitrogens with zero attached hydrogens (tertiary/aromatic N) is 1. The third-order valence-electron chi connectivity index (χ3n) is 6.05. The van der Waals surface area contributed by atoms with Crippen LogP contribution in [0.3, 0.4) is 0 Å². The van der Waals surface area contributed by atoms with Crippen LogP contribution in [0.2, 0.25) is 0 Å². The number of carbonyl (C=O) groups is 2. The van der Waals surface area contributed by atoms with Gasteiger partial charge in [0.25, 0.3) is 0 Å². The fourth-order valence-corrected chi connectivity index (χ4v) is 4.78. The number of ketones is 1. The molecule has 2 aromatic carbocycles. The van der Waals surface area contributed by atoms with Gasteiger partial charge in [-0.3, -0.25) is 14.5 Å². The van der Waals surface area contributed by atoms with Gasteiger partial charge in [-0.25, -0.2) is 4.39 Å². The van der Waals surface area contributed by atoms with Crippen LogP contribution in [0.5, 0.6) is 11.5 Å². The quantitative estimate of drug-likeness (QED) is 0.694. The molecule has 31 heavy (non-hydrogen) atoms. The Hall–Kier alpha value is -3.15. The van der Waals surface area contributed by atoms with Gasteiger partial charge in [-0.1, -0.05) is 38.1 Å². The third kappa shape index (κ3) is 3.60. The number of rotatable bonds is 4. The van der Waals surface area contributed by atoms with Gasteiger partial charge in [0.1, 0.15) is 5.82 Å². The van der Waals surface area contributed by atoms with E-state index in [9.17, 15) is 14.0 Å². The van der Waals surface area contributed by atoms with Crippen molar-refractivity contribution >= 4 is 17.4 Å². The van der Waals surface area contributed by atoms with E-state index in [2.05, 4.69) is 0 Å². The maximum atomic E-state index is 14.7. The third-order valence-corrected chi connectivity index (χ3v) is 6.05. The van der Waals surface area contributed by atoms with Crippen molar-refractivity contribution in [3.63, 3.8) is 0 Å². The molecule has 1 amide bonds. The van der Waals surface area contributed by atoms with Gasteiger partial charge in [0, 0.05) is 35.6 Å². The average Bonchev–Trinajstić information content (AvgIpc) is 2.72. The monoisotopic (exact) mass is 423 g/mol. The number of hydrogen-bond acceptors (Lipinski definition) is 4. The van der Waals surface area contributed by atoms with Gasteiger partial charge in [0.15, 0.2) is 17.3 Å². The Morgan fingerprint density at radius 3 is 2.42 bits per heavy atom. The molecular weight excluding hydrogens is 397 g/mol. The van der Waals surface area contributed by atoms with Crippen LogP contribution in [0.1, 0.15) is 44.6 Å². The van der Waals surface area contributed by atoms with Crippen molar-refractivity contribution in [1.82, 2.24) is 0 Å². The van der Waals surface area contributed by atoms with Gasteiger partial charge >= 0.3 is 0 Å². The lowest BCUT2D eigenvalue weighted by molar-refractivity contribution is -0.121. The summed E-state index contributed by atoms with van der Waals surface area (Å²) in [4.78, 5) is 28.2. The Morgan fingerprint density at radius 2 is 1.74 bits per heavy atom. The predicted molar refractivity (Wildman–Crippen MR) is 116 cm³/mol. The van der Waals surface area contributed by atoms with E-state index in [0.717, 1.165) is 5.56 Å². The highest BCUT2D eigenvalue weighted by Gasteiger charge is 2.45. The fourth-order valence-electron chi connectivity index (χ4n) is 4.78. The molecule has 1 aliphatic heterocycles. The van der Waals surface area contributed by atoms with Crippen LogP contribution in [0.15, 0.2) is 53.7 Å². The molecule has 0 aromatic heterocycles. The molecule has 1 atom stereocenters. The number of ether oxygens (including phenoxy) is 2. The number of para-hydroxylation sites is 2. The summed E-state index contributed by atoms with van der Waals surface area (Å²) >= 11 is 0. The first-order valence-corrected chi connectivity index (χ1v) is 10.3. The van der Waals surface area contributed by atoms with Crippen molar-refractivity contribution < 1.29 is 23.5 Å². The second-order valence-corrected chi connectivity index (χ2v) is 8.82. The average molecular weight is 423 g/mol. The summed E-state index contributed by atoms with van der Waals surface area (Å²) in [5.74, 6) is -0.185. The number of anilines is 1. The first kappa shape index (κ1) is 21.1. The van der Waals surface area contributed by atoms with Crippen molar-refractivity contribution in [3.05, 3.63) is 65.1 Å². The lowest BCUT2D eigenvalue weighted by Crippen LogP contribution is -2.44. The molecule has 1 unspecified atom stereocenters. The van der Waals surface area contributed by atoms with Crippen molar-refractivity contribution in [3.8, 4) is 11.5 Å². The molecule has 5 nitrogen and oxygen atoms in total. The summed E-state index contributed by atoms with van der Waals surface area (Å²) in [6.07, 6.45) is 0.910. The predicted octanol–water partition coefficient (Wildman–Crippen LogP) is 5.01. The van der Waals surface area contributed by atoms with Crippen LogP contribution in [0, 0.1) is 11.2 Å². The first-order chi connectivity index (χ1) is 14.8. The Bertz CT molecular complexity index is 1090. The standard InChI is InChI=1S/C25H26FNO4/c1-25(2)13-19-23(20(28)14-25)16(15-8-7-11-21(30-3)24(15)31-4)12-22(29)27(19)18-10-6-5-9-17(18)26/h5-11,16H,12-14H2,1-4H3. The number of hydrogen-bond donors (Lipinski definition) is 0. The van der Waals surface area contributed by atoms with Crippen LogP contribution in [0.4, 0.5) is 10.1 Å². The van der Waals surface area contributed by atoms with Gasteiger partial charge < -0.3 is 9.47 Å². The van der Waals surface area contributed by atoms with E-state index in [4.69, 9.17) is 9.47 Å². The normalized spacial score (nSPS) is 20.5. The minimum absolute atomic E-state index is 0.0186. The molecule has 2 aromatic rings. The van der Waals surface area contributed by atoms with E-state index in [1.165, 1.54) is 11.0 Å². The Morgan fingerprint density at radius 1 is 1.00 bits per heavy atom. The van der Waals surface area contributed by atoms with Crippen molar-refractivity contribution in [2.24, 2.45) is 5.41 Å². The molecule has 1 aliphatic carbocycles. The van der Waals surface area contributed by atoms with E-state index < -0.39 is 11.7 Å². The number of allylic oxidation sites excluding steroid dienone is 2. The summed E-state index contributed by atoms with van der Waals surface area (Å²) in [5, 5.41) is 0. The summed E-state index contributed by atoms with van der Waals surface area (Å²) in [6, 6.07) is 11.6. The van der Waals surface area contributed by atoms with Crippen LogP contribution in [-0.2, 0) is 9.59 Å². The number of amides is 1. The summed E-state index contributed by atoms with van der Waals surface area (Å²) < 4.78 is 25.7. The zero-order valence-corrected chi connectivity index (χ0v) is 18.2. The van der Waals surface area contributed by atoms with Gasteiger partial charge in [-0.15, -0.1) is 0 Å². The molecule has 6 heteroatoms. The molecule has 4 rings (SSSR count). The van der Waals surface area contributed by atoms with E-state index in [-0.39, 0.29) is 29.2 Å². The number of Topliss-reactive ketones (excluding diaryl/α,β-unsaturated/α-hetero) is 1. The molecule has 0 saturated carbocycles. The molecular formula is C25H26FNO4. The molecule has 0 bridgehead atoms. The van der Waals surface area contributed by atoms with Gasteiger partial charge in [-0.05, 0) is 30.0 Å². The van der Waals surface area contributed by atoms with Crippen molar-refractivity contribution in [2.75, 3.05) is 19.1 Å². The highest BCUT2D eigenvalue weighted by Crippen LogP contribution is 2.50. The van der Waals surface area contributed by atoms with Crippen molar-refractivity contribution in [2.45, 2.75) is 39.0 Å². The molecule has 0 saturated heterocycles. The zero-order valence-electron chi connectivity index (χ0n) is 18.2. The minimum Gasteiger partial charge on any atom is -0.493 e. The lowest BCUT2D eigenvalue weighted by Gasteiger charge is -2.43. The van der Waals surface area contributed by atoms with Crippen molar-refractivity contribution in [1.29, 1.82) is 0 Å². The minimum atomic E-state index is -0.490. The van der Waals surface area contributed by atoms with Gasteiger partial charge in [0.2, 0.25) is 5.91 Å². The number of methoxy groups -OCH3 is 2. The SMILES string of the molecule is COc1cccc(C2CC(=O)N(c3ccccc3F)C3=C2C(=O)CC(C)(C)C3)c1OC. The topological polar surface area (TPSA) is 55.8 Å². The largest absolute Gasteiger partial charge is 0.493 e. The molecule has 0 fully saturated rings. The second kappa shape index (κ2) is 7.84. The second-order valence-electron chi connectivity index (χ2n) is 8.82. The highest BCUT2D eigenvalue weighted by molar-refractivity contribution is 6.08. The van der Waals surface area contributed by atoms with Crippen LogP contribution < -0.4 is 14.4 Å². The Labute approximate surface area is 181 Å². The summed E-state index contributed by atoms with van der Waals surface area (Å²) in [6.45, 7) is 3.99. The van der Waals surface area contributed by atoms with E-state index in [1.54, 1.807) is 38.5 Å². The Kier molecular flexibility index (Phi) is 5.33. The smallest absolute Gasteiger partial charge is 0.232 e. The highest BCUT2D eigenvalue weighted by atomic mass is 19.1. The molecule has 1 heterocycles. The zero-order chi connectivity index (χ0) is 22.3. The molecule has 0 N–H and O–H groups in total. The lowest BCUT2D eigenvalue weighted by atomic mass is 9.69. The molecule has 0 radical (unpaired) electrons. The van der Waals surface area contributed by atoms with Crippen LogP contribution >= 0.6 is 0 Å². The summed E-state index contributed by atoms with van der Waals surface area (Å²) in [7, 11) is 3.09. The van der Waals surface area contributed by atoms with Gasteiger partial charge in [0.05, 0.1) is 19.9 Å². The number of halogens is 1. The molecule has 162 valence electrons. The fraction of sp³-hybridized carbons (Fsp3) is 0.360. The maximum Gasteiger partial charge on any atom is 0.232 e. The van der Waals surface area contributed by atoms with Crippen LogP contribution in [-0.4, -0.2) is 25.9 Å². The molecule has 2 aliphatic rings. The Balaban J connectivity index is 1.95. The van der Waals surface area contributed by atoms with Gasteiger partial charge in [-0.2, -0.15) is 0 Å². The van der Waals surface area contributed by atoms with E-state index in [0.29, 0.717) is 35.6 Å². The molecule has 0 spiro atoms. The van der Waals surface area contributed by atoms with Crippen LogP contribution in [0.25, 0.3) is 0 Å². The first-order valence-electron chi connectivity index (χ1n) is 10.3. The maximum absolute atomic E-state index is 14.7. The van der Waals surface area contributed by atoms with E-state index >= 15 is 0 Å². The van der Waals surface area contributed by atoms with E-state index in [1.807, 2.05) is 26.0 Å². The number of benzene rings is 2.